The Hall–Kier alpha value is -3.17. The van der Waals surface area contributed by atoms with Gasteiger partial charge in [0.15, 0.2) is 4.80 Å². The fraction of sp³-hybridized carbons (Fsp3) is 0.240. The summed E-state index contributed by atoms with van der Waals surface area (Å²) in [6, 6.07) is 11.6. The van der Waals surface area contributed by atoms with E-state index < -0.39 is 12.0 Å². The molecule has 1 N–H and O–H groups in total. The third-order valence-corrected chi connectivity index (χ3v) is 6.92. The molecule has 0 amide bonds. The highest BCUT2D eigenvalue weighted by Crippen LogP contribution is 2.35. The normalized spacial score (nSPS) is 15.6. The largest absolute Gasteiger partial charge is 0.507 e. The van der Waals surface area contributed by atoms with Crippen LogP contribution in [0.5, 0.6) is 11.5 Å². The Morgan fingerprint density at radius 1 is 1.24 bits per heavy atom. The van der Waals surface area contributed by atoms with Crippen LogP contribution in [0.2, 0.25) is 0 Å². The number of hydrogen-bond acceptors (Lipinski definition) is 7. The standard InChI is InChI=1S/C25H23BrN2O5S/c1-4-32-19-9-7-6-8-16(19)22-21(24(31)33-5-2)14(3)27-25-28(22)23(30)20(34-25)13-15-10-11-18(29)17(26)12-15/h6-13,22,29H,4-5H2,1-3H3/b20-13-/t22-/m0/s1. The Balaban J connectivity index is 1.98. The van der Waals surface area contributed by atoms with Gasteiger partial charge in [0.25, 0.3) is 5.56 Å². The lowest BCUT2D eigenvalue weighted by molar-refractivity contribution is -0.139. The van der Waals surface area contributed by atoms with Gasteiger partial charge in [-0.25, -0.2) is 9.79 Å². The summed E-state index contributed by atoms with van der Waals surface area (Å²) in [6.45, 7) is 6.01. The quantitative estimate of drug-likeness (QED) is 0.480. The summed E-state index contributed by atoms with van der Waals surface area (Å²) in [4.78, 5) is 31.8. The number of carbonyl (C=O) groups excluding carboxylic acids is 1. The first-order chi connectivity index (χ1) is 16.3. The third kappa shape index (κ3) is 4.45. The molecule has 0 saturated carbocycles. The molecule has 1 atom stereocenters. The lowest BCUT2D eigenvalue weighted by Crippen LogP contribution is -2.40. The molecule has 2 aromatic carbocycles. The zero-order chi connectivity index (χ0) is 24.4. The number of thiazole rings is 1. The number of para-hydroxylation sites is 1. The second-order valence-corrected chi connectivity index (χ2v) is 9.35. The van der Waals surface area contributed by atoms with Crippen LogP contribution in [0.15, 0.2) is 68.0 Å². The number of nitrogens with zero attached hydrogens (tertiary/aromatic N) is 2. The number of aromatic nitrogens is 1. The molecule has 0 unspecified atom stereocenters. The second-order valence-electron chi connectivity index (χ2n) is 7.48. The Labute approximate surface area is 208 Å². The van der Waals surface area contributed by atoms with Crippen molar-refractivity contribution in [3.05, 3.63) is 89.0 Å². The van der Waals surface area contributed by atoms with Gasteiger partial charge >= 0.3 is 5.97 Å². The van der Waals surface area contributed by atoms with Crippen molar-refractivity contribution in [1.82, 2.24) is 4.57 Å². The van der Waals surface area contributed by atoms with Crippen LogP contribution in [-0.2, 0) is 9.53 Å². The molecular formula is C25H23BrN2O5S. The summed E-state index contributed by atoms with van der Waals surface area (Å²) in [5, 5.41) is 9.78. The molecule has 1 aliphatic heterocycles. The van der Waals surface area contributed by atoms with E-state index in [1.807, 2.05) is 31.2 Å². The van der Waals surface area contributed by atoms with E-state index in [2.05, 4.69) is 20.9 Å². The maximum atomic E-state index is 13.7. The molecule has 1 aliphatic rings. The fourth-order valence-electron chi connectivity index (χ4n) is 3.84. The van der Waals surface area contributed by atoms with E-state index >= 15 is 0 Å². The Morgan fingerprint density at radius 3 is 2.71 bits per heavy atom. The van der Waals surface area contributed by atoms with Crippen LogP contribution < -0.4 is 19.6 Å². The van der Waals surface area contributed by atoms with E-state index in [4.69, 9.17) is 9.47 Å². The highest BCUT2D eigenvalue weighted by molar-refractivity contribution is 9.10. The van der Waals surface area contributed by atoms with E-state index in [1.54, 1.807) is 38.1 Å². The van der Waals surface area contributed by atoms with Crippen LogP contribution in [-0.4, -0.2) is 28.9 Å². The first-order valence-corrected chi connectivity index (χ1v) is 12.4. The van der Waals surface area contributed by atoms with Gasteiger partial charge in [-0.2, -0.15) is 0 Å². The Kier molecular flexibility index (Phi) is 7.04. The van der Waals surface area contributed by atoms with Gasteiger partial charge in [-0.15, -0.1) is 0 Å². The Bertz CT molecular complexity index is 1470. The maximum Gasteiger partial charge on any atom is 0.338 e. The van der Waals surface area contributed by atoms with Crippen molar-refractivity contribution in [2.75, 3.05) is 13.2 Å². The predicted octanol–water partition coefficient (Wildman–Crippen LogP) is 3.67. The van der Waals surface area contributed by atoms with Crippen LogP contribution in [0.4, 0.5) is 0 Å². The molecule has 0 radical (unpaired) electrons. The number of hydrogen-bond donors (Lipinski definition) is 1. The summed E-state index contributed by atoms with van der Waals surface area (Å²) in [5.74, 6) is 0.182. The zero-order valence-corrected chi connectivity index (χ0v) is 21.3. The molecule has 0 bridgehead atoms. The van der Waals surface area contributed by atoms with Crippen molar-refractivity contribution >= 4 is 39.3 Å². The number of aromatic hydroxyl groups is 1. The molecule has 7 nitrogen and oxygen atoms in total. The fourth-order valence-corrected chi connectivity index (χ4v) is 5.29. The van der Waals surface area contributed by atoms with Gasteiger partial charge in [0.2, 0.25) is 0 Å². The second kappa shape index (κ2) is 9.99. The van der Waals surface area contributed by atoms with E-state index in [0.717, 1.165) is 5.56 Å². The third-order valence-electron chi connectivity index (χ3n) is 5.30. The van der Waals surface area contributed by atoms with Crippen molar-refractivity contribution in [2.45, 2.75) is 26.8 Å². The molecule has 4 rings (SSSR count). The first kappa shape index (κ1) is 24.0. The van der Waals surface area contributed by atoms with Gasteiger partial charge < -0.3 is 14.6 Å². The van der Waals surface area contributed by atoms with Crippen LogP contribution >= 0.6 is 27.3 Å². The molecule has 176 valence electrons. The van der Waals surface area contributed by atoms with Crippen LogP contribution in [0.1, 0.15) is 37.9 Å². The molecule has 2 heterocycles. The van der Waals surface area contributed by atoms with Gasteiger partial charge in [0, 0.05) is 5.56 Å². The average molecular weight is 543 g/mol. The number of phenolic OH excluding ortho intramolecular Hbond substituents is 1. The highest BCUT2D eigenvalue weighted by atomic mass is 79.9. The SMILES string of the molecule is CCOC(=O)C1=C(C)N=c2s/c(=C\c3ccc(O)c(Br)c3)c(=O)n2[C@H]1c1ccccc1OCC. The first-order valence-electron chi connectivity index (χ1n) is 10.8. The summed E-state index contributed by atoms with van der Waals surface area (Å²) in [7, 11) is 0. The summed E-state index contributed by atoms with van der Waals surface area (Å²) < 4.78 is 13.7. The number of halogens is 1. The monoisotopic (exact) mass is 542 g/mol. The smallest absolute Gasteiger partial charge is 0.338 e. The molecule has 34 heavy (non-hydrogen) atoms. The zero-order valence-electron chi connectivity index (χ0n) is 18.9. The summed E-state index contributed by atoms with van der Waals surface area (Å²) >= 11 is 4.54. The average Bonchev–Trinajstić information content (AvgIpc) is 3.10. The topological polar surface area (TPSA) is 90.1 Å². The van der Waals surface area contributed by atoms with Gasteiger partial charge in [-0.1, -0.05) is 35.6 Å². The minimum absolute atomic E-state index is 0.112. The molecule has 3 aromatic rings. The number of carbonyl (C=O) groups is 1. The number of fused-ring (bicyclic) bond motifs is 1. The van der Waals surface area contributed by atoms with E-state index in [9.17, 15) is 14.7 Å². The van der Waals surface area contributed by atoms with Crippen molar-refractivity contribution < 1.29 is 19.4 Å². The molecule has 9 heteroatoms. The van der Waals surface area contributed by atoms with Crippen LogP contribution in [0.25, 0.3) is 6.08 Å². The van der Waals surface area contributed by atoms with Crippen molar-refractivity contribution in [3.63, 3.8) is 0 Å². The number of rotatable bonds is 6. The van der Waals surface area contributed by atoms with E-state index in [-0.39, 0.29) is 17.9 Å². The van der Waals surface area contributed by atoms with E-state index in [1.165, 1.54) is 15.9 Å². The van der Waals surface area contributed by atoms with Crippen molar-refractivity contribution in [2.24, 2.45) is 4.99 Å². The summed E-state index contributed by atoms with van der Waals surface area (Å²) in [5.41, 5.74) is 1.94. The van der Waals surface area contributed by atoms with Gasteiger partial charge in [-0.3, -0.25) is 9.36 Å². The van der Waals surface area contributed by atoms with Gasteiger partial charge in [0.1, 0.15) is 17.5 Å². The maximum absolute atomic E-state index is 13.7. The number of ether oxygens (including phenoxy) is 2. The molecule has 1 aromatic heterocycles. The van der Waals surface area contributed by atoms with Crippen LogP contribution in [0, 0.1) is 0 Å². The number of phenols is 1. The predicted molar refractivity (Wildman–Crippen MR) is 134 cm³/mol. The number of benzene rings is 2. The molecule has 0 spiro atoms. The van der Waals surface area contributed by atoms with Crippen molar-refractivity contribution in [1.29, 1.82) is 0 Å². The lowest BCUT2D eigenvalue weighted by atomic mass is 9.95. The van der Waals surface area contributed by atoms with Crippen molar-refractivity contribution in [3.8, 4) is 11.5 Å². The molecule has 0 saturated heterocycles. The number of esters is 1. The summed E-state index contributed by atoms with van der Waals surface area (Å²) in [6.07, 6.45) is 1.74. The Morgan fingerprint density at radius 2 is 2.00 bits per heavy atom. The molecule has 0 fully saturated rings. The highest BCUT2D eigenvalue weighted by Gasteiger charge is 2.35. The van der Waals surface area contributed by atoms with Gasteiger partial charge in [0.05, 0.1) is 33.5 Å². The number of allylic oxidation sites excluding steroid dienone is 1. The van der Waals surface area contributed by atoms with Crippen LogP contribution in [0.3, 0.4) is 0 Å². The minimum atomic E-state index is -0.744. The minimum Gasteiger partial charge on any atom is -0.507 e. The molecule has 0 aliphatic carbocycles. The van der Waals surface area contributed by atoms with E-state index in [0.29, 0.717) is 43.0 Å². The van der Waals surface area contributed by atoms with Gasteiger partial charge in [-0.05, 0) is 66.5 Å². The molecular weight excluding hydrogens is 520 g/mol. The lowest BCUT2D eigenvalue weighted by Gasteiger charge is -2.26.